The van der Waals surface area contributed by atoms with E-state index >= 15 is 0 Å². The maximum absolute atomic E-state index is 13.9. The van der Waals surface area contributed by atoms with E-state index in [-0.39, 0.29) is 29.2 Å². The van der Waals surface area contributed by atoms with Crippen LogP contribution < -0.4 is 0 Å². The van der Waals surface area contributed by atoms with Gasteiger partial charge in [-0.1, -0.05) is 48.0 Å². The Kier molecular flexibility index (Phi) is 9.67. The van der Waals surface area contributed by atoms with E-state index in [0.717, 1.165) is 40.8 Å². The Labute approximate surface area is 263 Å². The molecule has 5 aromatic rings. The molecule has 45 heavy (non-hydrogen) atoms. The summed E-state index contributed by atoms with van der Waals surface area (Å²) in [6.07, 6.45) is 1.55. The summed E-state index contributed by atoms with van der Waals surface area (Å²) in [5.74, 6) is 0.470. The molecule has 2 heterocycles. The molecule has 7 heteroatoms. The lowest BCUT2D eigenvalue weighted by Gasteiger charge is -2.32. The zero-order chi connectivity index (χ0) is 32.1. The van der Waals surface area contributed by atoms with E-state index in [4.69, 9.17) is 10.4 Å². The Morgan fingerprint density at radius 3 is 2.22 bits per heavy atom. The number of likely N-dealkylation sites (tertiary alicyclic amines) is 1. The molecule has 1 amide bonds. The van der Waals surface area contributed by atoms with Crippen LogP contribution in [0.25, 0.3) is 11.0 Å². The third kappa shape index (κ3) is 7.43. The number of piperidine rings is 1. The number of para-hydroxylation sites is 2. The fraction of sp³-hybridized carbons (Fsp3) is 0.237. The Morgan fingerprint density at radius 1 is 0.889 bits per heavy atom. The lowest BCUT2D eigenvalue weighted by atomic mass is 9.94. The van der Waals surface area contributed by atoms with E-state index in [1.54, 1.807) is 36.4 Å². The van der Waals surface area contributed by atoms with Crippen molar-refractivity contribution in [1.29, 1.82) is 5.41 Å². The Hall–Kier alpha value is -4.91. The molecule has 1 aliphatic heterocycles. The van der Waals surface area contributed by atoms with Gasteiger partial charge >= 0.3 is 0 Å². The number of nitrogens with zero attached hydrogens (tertiary/aromatic N) is 3. The molecule has 6 rings (SSSR count). The molecule has 0 spiro atoms. The Bertz CT molecular complexity index is 1860. The maximum atomic E-state index is 13.9. The van der Waals surface area contributed by atoms with Crippen molar-refractivity contribution in [3.05, 3.63) is 148 Å². The highest BCUT2D eigenvalue weighted by Gasteiger charge is 2.28. The first kappa shape index (κ1) is 31.5. The van der Waals surface area contributed by atoms with Crippen LogP contribution in [0.2, 0.25) is 0 Å². The Morgan fingerprint density at radius 2 is 1.56 bits per heavy atom. The van der Waals surface area contributed by atoms with Crippen molar-refractivity contribution in [2.24, 2.45) is 0 Å². The number of amides is 1. The molecule has 1 aromatic heterocycles. The monoisotopic (exact) mass is 604 g/mol. The third-order valence-electron chi connectivity index (χ3n) is 7.92. The summed E-state index contributed by atoms with van der Waals surface area (Å²) >= 11 is 0. The third-order valence-corrected chi connectivity index (χ3v) is 7.92. The van der Waals surface area contributed by atoms with Crippen LogP contribution in [0.15, 0.2) is 103 Å². The summed E-state index contributed by atoms with van der Waals surface area (Å²) < 4.78 is 29.8. The molecule has 5 nitrogen and oxygen atoms in total. The molecular formula is C38H38F2N4O. The van der Waals surface area contributed by atoms with Crippen molar-refractivity contribution in [2.75, 3.05) is 13.1 Å². The fourth-order valence-electron chi connectivity index (χ4n) is 5.79. The molecular weight excluding hydrogens is 566 g/mol. The molecule has 4 aromatic carbocycles. The normalized spacial score (nSPS) is 13.3. The van der Waals surface area contributed by atoms with Gasteiger partial charge < -0.3 is 9.47 Å². The molecule has 0 bridgehead atoms. The lowest BCUT2D eigenvalue weighted by Crippen LogP contribution is -2.38. The van der Waals surface area contributed by atoms with E-state index in [1.807, 2.05) is 62.1 Å². The molecule has 0 unspecified atom stereocenters. The number of imidazole rings is 1. The zero-order valence-electron chi connectivity index (χ0n) is 26.0. The standard InChI is InChI=1S/C34H30F2N4O.C4H8/c1-22-18-26(12-13-29(22)32(37)25-7-5-9-28(36)20-25)34(41)39-16-14-24(15-17-39)33-38-30-10-2-3-11-31(30)40(33)21-23-6-4-8-27(35)19-23;1-4(2)3/h2-13,18-20,24,37H,14-17,21H2,1H3;1H2,2-3H3. The van der Waals surface area contributed by atoms with Crippen LogP contribution in [0.1, 0.15) is 71.0 Å². The second kappa shape index (κ2) is 13.8. The molecule has 0 saturated carbocycles. The van der Waals surface area contributed by atoms with Gasteiger partial charge in [0, 0.05) is 42.2 Å². The van der Waals surface area contributed by atoms with Crippen molar-refractivity contribution in [1.82, 2.24) is 14.5 Å². The second-order valence-corrected chi connectivity index (χ2v) is 11.9. The summed E-state index contributed by atoms with van der Waals surface area (Å²) in [6.45, 7) is 11.1. The number of benzene rings is 4. The van der Waals surface area contributed by atoms with Gasteiger partial charge in [-0.05, 0) is 93.3 Å². The lowest BCUT2D eigenvalue weighted by molar-refractivity contribution is 0.0710. The van der Waals surface area contributed by atoms with E-state index in [9.17, 15) is 13.6 Å². The quantitative estimate of drug-likeness (QED) is 0.156. The molecule has 1 fully saturated rings. The number of hydrogen-bond donors (Lipinski definition) is 1. The number of rotatable bonds is 6. The van der Waals surface area contributed by atoms with Gasteiger partial charge in [0.1, 0.15) is 17.5 Å². The maximum Gasteiger partial charge on any atom is 0.253 e. The average molecular weight is 605 g/mol. The molecule has 0 aliphatic carbocycles. The van der Waals surface area contributed by atoms with Gasteiger partial charge in [0.2, 0.25) is 0 Å². The summed E-state index contributed by atoms with van der Waals surface area (Å²) in [7, 11) is 0. The number of aromatic nitrogens is 2. The molecule has 1 saturated heterocycles. The van der Waals surface area contributed by atoms with E-state index in [1.165, 1.54) is 23.8 Å². The minimum absolute atomic E-state index is 0.0383. The minimum atomic E-state index is -0.385. The van der Waals surface area contributed by atoms with Crippen LogP contribution in [0, 0.1) is 24.0 Å². The van der Waals surface area contributed by atoms with Crippen LogP contribution in [0.4, 0.5) is 8.78 Å². The van der Waals surface area contributed by atoms with Crippen molar-refractivity contribution in [3.8, 4) is 0 Å². The van der Waals surface area contributed by atoms with Crippen LogP contribution >= 0.6 is 0 Å². The number of halogens is 2. The van der Waals surface area contributed by atoms with E-state index in [0.29, 0.717) is 36.3 Å². The van der Waals surface area contributed by atoms with Gasteiger partial charge in [0.05, 0.1) is 16.7 Å². The highest BCUT2D eigenvalue weighted by molar-refractivity contribution is 6.12. The molecule has 0 atom stereocenters. The van der Waals surface area contributed by atoms with Crippen molar-refractivity contribution in [2.45, 2.75) is 46.1 Å². The SMILES string of the molecule is C=C(C)C.Cc1cc(C(=O)N2CCC(c3nc4ccccc4n3Cc3cccc(F)c3)CC2)ccc1C(=N)c1cccc(F)c1. The van der Waals surface area contributed by atoms with Gasteiger partial charge in [-0.15, -0.1) is 6.58 Å². The smallest absolute Gasteiger partial charge is 0.253 e. The summed E-state index contributed by atoms with van der Waals surface area (Å²) in [4.78, 5) is 20.3. The fourth-order valence-corrected chi connectivity index (χ4v) is 5.79. The largest absolute Gasteiger partial charge is 0.339 e. The van der Waals surface area contributed by atoms with E-state index in [2.05, 4.69) is 11.1 Å². The first-order chi connectivity index (χ1) is 21.6. The summed E-state index contributed by atoms with van der Waals surface area (Å²) in [6, 6.07) is 26.0. The van der Waals surface area contributed by atoms with Gasteiger partial charge in [0.15, 0.2) is 0 Å². The molecule has 1 aliphatic rings. The van der Waals surface area contributed by atoms with Crippen molar-refractivity contribution < 1.29 is 13.6 Å². The van der Waals surface area contributed by atoms with Gasteiger partial charge in [-0.3, -0.25) is 10.2 Å². The highest BCUT2D eigenvalue weighted by atomic mass is 19.1. The molecule has 1 N–H and O–H groups in total. The number of nitrogens with one attached hydrogen (secondary N) is 1. The number of aryl methyl sites for hydroxylation is 1. The van der Waals surface area contributed by atoms with Crippen molar-refractivity contribution >= 4 is 22.7 Å². The van der Waals surface area contributed by atoms with Crippen molar-refractivity contribution in [3.63, 3.8) is 0 Å². The summed E-state index contributed by atoms with van der Waals surface area (Å²) in [5.41, 5.74) is 6.75. The summed E-state index contributed by atoms with van der Waals surface area (Å²) in [5, 5.41) is 8.54. The van der Waals surface area contributed by atoms with Gasteiger partial charge in [-0.2, -0.15) is 0 Å². The number of fused-ring (bicyclic) bond motifs is 1. The molecule has 230 valence electrons. The first-order valence-corrected chi connectivity index (χ1v) is 15.2. The topological polar surface area (TPSA) is 62.0 Å². The van der Waals surface area contributed by atoms with Crippen LogP contribution in [0.3, 0.4) is 0 Å². The van der Waals surface area contributed by atoms with Crippen LogP contribution in [-0.2, 0) is 6.54 Å². The zero-order valence-corrected chi connectivity index (χ0v) is 26.0. The van der Waals surface area contributed by atoms with Crippen LogP contribution in [0.5, 0.6) is 0 Å². The van der Waals surface area contributed by atoms with E-state index < -0.39 is 0 Å². The number of allylic oxidation sites excluding steroid dienone is 1. The van der Waals surface area contributed by atoms with Gasteiger partial charge in [0.25, 0.3) is 5.91 Å². The molecule has 0 radical (unpaired) electrons. The highest BCUT2D eigenvalue weighted by Crippen LogP contribution is 2.32. The van der Waals surface area contributed by atoms with Gasteiger partial charge in [-0.25, -0.2) is 13.8 Å². The second-order valence-electron chi connectivity index (χ2n) is 11.9. The Balaban J connectivity index is 0.000000945. The number of carbonyl (C=O) groups excluding carboxylic acids is 1. The first-order valence-electron chi connectivity index (χ1n) is 15.2. The predicted molar refractivity (Wildman–Crippen MR) is 177 cm³/mol. The predicted octanol–water partition coefficient (Wildman–Crippen LogP) is 8.69. The average Bonchev–Trinajstić information content (AvgIpc) is 3.38. The minimum Gasteiger partial charge on any atom is -0.339 e. The van der Waals surface area contributed by atoms with Crippen LogP contribution in [-0.4, -0.2) is 39.2 Å². The number of carbonyl (C=O) groups is 1. The number of hydrogen-bond acceptors (Lipinski definition) is 3.